The van der Waals surface area contributed by atoms with Crippen LogP contribution in [0.15, 0.2) is 0 Å². The van der Waals surface area contributed by atoms with Crippen molar-refractivity contribution in [2.45, 2.75) is 19.4 Å². The molecule has 0 aromatic heterocycles. The van der Waals surface area contributed by atoms with E-state index in [1.54, 1.807) is 7.11 Å². The SMILES string of the molecule is [CH2-]C(CC)OC.[O]=[Ti+]. The molecule has 2 nitrogen and oxygen atoms in total. The van der Waals surface area contributed by atoms with E-state index >= 15 is 0 Å². The van der Waals surface area contributed by atoms with Crippen LogP contribution in [0.1, 0.15) is 13.3 Å². The van der Waals surface area contributed by atoms with Gasteiger partial charge in [0.2, 0.25) is 0 Å². The summed E-state index contributed by atoms with van der Waals surface area (Å²) in [5.74, 6) is 0. The Balaban J connectivity index is 0. The van der Waals surface area contributed by atoms with Crippen molar-refractivity contribution >= 4 is 0 Å². The number of hydrogen-bond acceptors (Lipinski definition) is 2. The molecule has 0 aliphatic carbocycles. The van der Waals surface area contributed by atoms with E-state index in [0.717, 1.165) is 26.8 Å². The van der Waals surface area contributed by atoms with Gasteiger partial charge in [0.25, 0.3) is 0 Å². The summed E-state index contributed by atoms with van der Waals surface area (Å²) in [5, 5.41) is 0. The average Bonchev–Trinajstić information content (AvgIpc) is 1.91. The molecule has 0 bridgehead atoms. The number of rotatable bonds is 2. The van der Waals surface area contributed by atoms with E-state index in [9.17, 15) is 0 Å². The molecule has 47 valence electrons. The van der Waals surface area contributed by atoms with Crippen LogP contribution in [0.2, 0.25) is 0 Å². The molecule has 8 heavy (non-hydrogen) atoms. The Morgan fingerprint density at radius 2 is 2.12 bits per heavy atom. The fourth-order valence-corrected chi connectivity index (χ4v) is 0.167. The van der Waals surface area contributed by atoms with Crippen molar-refractivity contribution in [1.82, 2.24) is 0 Å². The normalized spacial score (nSPS) is 11.6. The molecule has 0 aromatic rings. The Bertz CT molecular complexity index is 37.4. The first-order valence-electron chi connectivity index (χ1n) is 2.37. The monoisotopic (exact) mass is 151 g/mol. The fraction of sp³-hybridized carbons (Fsp3) is 0.800. The third-order valence-electron chi connectivity index (χ3n) is 0.789. The summed E-state index contributed by atoms with van der Waals surface area (Å²) in [6.07, 6.45) is 1.18. The average molecular weight is 151 g/mol. The standard InChI is InChI=1S/C5H11O.O.Ti/c1-4-5(2)6-3;;/h5H,2,4H2,1,3H3;;/q-1;;+1. The summed E-state index contributed by atoms with van der Waals surface area (Å²) in [7, 11) is 1.67. The summed E-state index contributed by atoms with van der Waals surface area (Å²) in [6.45, 7) is 5.70. The van der Waals surface area contributed by atoms with Crippen LogP contribution in [-0.2, 0) is 28.5 Å². The summed E-state index contributed by atoms with van der Waals surface area (Å²) in [6, 6.07) is 0. The van der Waals surface area contributed by atoms with Gasteiger partial charge in [-0.25, -0.2) is 0 Å². The van der Waals surface area contributed by atoms with Crippen molar-refractivity contribution in [3.63, 3.8) is 0 Å². The zero-order chi connectivity index (χ0) is 6.99. The van der Waals surface area contributed by atoms with Gasteiger partial charge in [0.1, 0.15) is 0 Å². The van der Waals surface area contributed by atoms with Crippen LogP contribution in [0.4, 0.5) is 0 Å². The van der Waals surface area contributed by atoms with E-state index in [4.69, 9.17) is 8.06 Å². The minimum absolute atomic E-state index is 0.185. The second-order valence-corrected chi connectivity index (χ2v) is 1.27. The topological polar surface area (TPSA) is 26.3 Å². The Kier molecular flexibility index (Phi) is 14.8. The van der Waals surface area contributed by atoms with E-state index in [-0.39, 0.29) is 6.10 Å². The van der Waals surface area contributed by atoms with Gasteiger partial charge in [-0.15, -0.1) is 0 Å². The van der Waals surface area contributed by atoms with Crippen LogP contribution in [0.25, 0.3) is 0 Å². The number of methoxy groups -OCH3 is 1. The maximum absolute atomic E-state index is 8.25. The summed E-state index contributed by atoms with van der Waals surface area (Å²) in [5.41, 5.74) is 0. The molecule has 0 aliphatic rings. The molecule has 0 aromatic carbocycles. The molecule has 1 unspecified atom stereocenters. The predicted molar refractivity (Wildman–Crippen MR) is 27.1 cm³/mol. The molecular weight excluding hydrogens is 140 g/mol. The molecule has 0 aliphatic heterocycles. The Morgan fingerprint density at radius 1 is 1.75 bits per heavy atom. The molecule has 0 saturated heterocycles. The first-order valence-corrected chi connectivity index (χ1v) is 3.01. The Labute approximate surface area is 62.3 Å². The van der Waals surface area contributed by atoms with Crippen LogP contribution in [0, 0.1) is 6.92 Å². The van der Waals surface area contributed by atoms with Gasteiger partial charge in [0.15, 0.2) is 0 Å². The predicted octanol–water partition coefficient (Wildman–Crippen LogP) is 1.12. The second-order valence-electron chi connectivity index (χ2n) is 1.27. The van der Waals surface area contributed by atoms with Gasteiger partial charge in [-0.3, -0.25) is 0 Å². The fourth-order valence-electron chi connectivity index (χ4n) is 0.167. The summed E-state index contributed by atoms with van der Waals surface area (Å²) in [4.78, 5) is 0. The van der Waals surface area contributed by atoms with Crippen molar-refractivity contribution in [3.8, 4) is 0 Å². The Morgan fingerprint density at radius 3 is 2.12 bits per heavy atom. The van der Waals surface area contributed by atoms with Crippen molar-refractivity contribution in [3.05, 3.63) is 6.92 Å². The van der Waals surface area contributed by atoms with Crippen LogP contribution < -0.4 is 0 Å². The first-order chi connectivity index (χ1) is 3.81. The zero-order valence-electron chi connectivity index (χ0n) is 5.31. The van der Waals surface area contributed by atoms with Gasteiger partial charge in [0.05, 0.1) is 0 Å². The van der Waals surface area contributed by atoms with Gasteiger partial charge in [-0.1, -0.05) is 19.4 Å². The number of ether oxygens (including phenoxy) is 1. The van der Waals surface area contributed by atoms with E-state index < -0.39 is 0 Å². The molecule has 0 heterocycles. The summed E-state index contributed by atoms with van der Waals surface area (Å²) < 4.78 is 13.0. The van der Waals surface area contributed by atoms with Crippen molar-refractivity contribution in [2.24, 2.45) is 0 Å². The van der Waals surface area contributed by atoms with Crippen LogP contribution >= 0.6 is 0 Å². The molecule has 0 radical (unpaired) electrons. The number of hydrogen-bond donors (Lipinski definition) is 0. The van der Waals surface area contributed by atoms with Crippen LogP contribution in [0.3, 0.4) is 0 Å². The molecule has 3 heteroatoms. The third kappa shape index (κ3) is 9.69. The van der Waals surface area contributed by atoms with E-state index in [1.165, 1.54) is 0 Å². The van der Waals surface area contributed by atoms with Crippen molar-refractivity contribution < 1.29 is 28.5 Å². The molecular formula is C5H11O2Ti. The van der Waals surface area contributed by atoms with E-state index in [2.05, 4.69) is 6.92 Å². The maximum atomic E-state index is 8.25. The van der Waals surface area contributed by atoms with E-state index in [1.807, 2.05) is 6.92 Å². The van der Waals surface area contributed by atoms with Crippen molar-refractivity contribution in [1.29, 1.82) is 0 Å². The van der Waals surface area contributed by atoms with Crippen LogP contribution in [0.5, 0.6) is 0 Å². The van der Waals surface area contributed by atoms with Gasteiger partial charge >= 0.3 is 23.7 Å². The van der Waals surface area contributed by atoms with Crippen molar-refractivity contribution in [2.75, 3.05) is 7.11 Å². The molecule has 1 atom stereocenters. The van der Waals surface area contributed by atoms with Gasteiger partial charge in [-0.05, 0) is 0 Å². The molecule has 0 amide bonds. The summed E-state index contributed by atoms with van der Waals surface area (Å²) >= 11 is 0.750. The molecule has 0 saturated carbocycles. The van der Waals surface area contributed by atoms with E-state index in [0.29, 0.717) is 0 Å². The van der Waals surface area contributed by atoms with Gasteiger partial charge in [0, 0.05) is 7.11 Å². The second kappa shape index (κ2) is 10.5. The third-order valence-corrected chi connectivity index (χ3v) is 0.789. The van der Waals surface area contributed by atoms with Crippen LogP contribution in [-0.4, -0.2) is 13.2 Å². The molecule has 0 rings (SSSR count). The molecule has 0 fully saturated rings. The Hall–Kier alpha value is 0.474. The minimum atomic E-state index is 0.185. The quantitative estimate of drug-likeness (QED) is 0.436. The van der Waals surface area contributed by atoms with Gasteiger partial charge < -0.3 is 11.7 Å². The first kappa shape index (κ1) is 11.3. The van der Waals surface area contributed by atoms with Gasteiger partial charge in [-0.2, -0.15) is 0 Å². The molecule has 0 spiro atoms. The molecule has 0 N–H and O–H groups in total. The zero-order valence-corrected chi connectivity index (χ0v) is 6.87.